The molecule has 2 aliphatic rings. The van der Waals surface area contributed by atoms with Gasteiger partial charge in [0.1, 0.15) is 5.69 Å². The van der Waals surface area contributed by atoms with Crippen molar-refractivity contribution in [2.75, 3.05) is 25.4 Å². The van der Waals surface area contributed by atoms with E-state index in [1.54, 1.807) is 10.9 Å². The van der Waals surface area contributed by atoms with E-state index in [4.69, 9.17) is 5.73 Å². The molecule has 2 fully saturated rings. The van der Waals surface area contributed by atoms with E-state index in [1.165, 1.54) is 19.4 Å². The van der Waals surface area contributed by atoms with E-state index >= 15 is 0 Å². The van der Waals surface area contributed by atoms with Crippen LogP contribution in [-0.4, -0.2) is 57.2 Å². The van der Waals surface area contributed by atoms with Gasteiger partial charge >= 0.3 is 0 Å². The molecule has 6 nitrogen and oxygen atoms in total. The fraction of sp³-hybridized carbons (Fsp3) is 0.714. The molecule has 110 valence electrons. The number of nitrogen functional groups attached to an aromatic ring is 1. The Morgan fingerprint density at radius 1 is 1.50 bits per heavy atom. The molecule has 2 atom stereocenters. The van der Waals surface area contributed by atoms with Crippen LogP contribution in [0.5, 0.6) is 0 Å². The van der Waals surface area contributed by atoms with E-state index in [-0.39, 0.29) is 11.9 Å². The van der Waals surface area contributed by atoms with Crippen molar-refractivity contribution in [3.8, 4) is 0 Å². The van der Waals surface area contributed by atoms with Gasteiger partial charge in [-0.25, -0.2) is 0 Å². The minimum Gasteiger partial charge on any atom is -0.396 e. The van der Waals surface area contributed by atoms with E-state index in [9.17, 15) is 4.79 Å². The molecule has 3 heterocycles. The van der Waals surface area contributed by atoms with Crippen molar-refractivity contribution in [2.24, 2.45) is 0 Å². The summed E-state index contributed by atoms with van der Waals surface area (Å²) >= 11 is 0. The van der Waals surface area contributed by atoms with Crippen LogP contribution in [-0.2, 0) is 6.54 Å². The maximum Gasteiger partial charge on any atom is 0.274 e. The molecule has 2 N–H and O–H groups in total. The minimum atomic E-state index is 0.0286. The Hall–Kier alpha value is -1.56. The van der Waals surface area contributed by atoms with Crippen LogP contribution in [0.1, 0.15) is 37.2 Å². The van der Waals surface area contributed by atoms with Crippen molar-refractivity contribution < 1.29 is 4.79 Å². The van der Waals surface area contributed by atoms with Gasteiger partial charge in [0, 0.05) is 31.7 Å². The zero-order chi connectivity index (χ0) is 14.3. The van der Waals surface area contributed by atoms with Gasteiger partial charge in [-0.05, 0) is 33.2 Å². The van der Waals surface area contributed by atoms with Crippen molar-refractivity contribution >= 4 is 11.6 Å². The highest BCUT2D eigenvalue weighted by atomic mass is 16.2. The van der Waals surface area contributed by atoms with Crippen LogP contribution in [0.2, 0.25) is 0 Å². The van der Waals surface area contributed by atoms with Crippen molar-refractivity contribution in [3.63, 3.8) is 0 Å². The molecule has 1 aromatic rings. The fourth-order valence-corrected chi connectivity index (χ4v) is 3.48. The summed E-state index contributed by atoms with van der Waals surface area (Å²) in [5, 5.41) is 4.18. The molecule has 2 aliphatic heterocycles. The zero-order valence-electron chi connectivity index (χ0n) is 12.2. The first-order valence-corrected chi connectivity index (χ1v) is 7.48. The van der Waals surface area contributed by atoms with Crippen LogP contribution < -0.4 is 5.73 Å². The summed E-state index contributed by atoms with van der Waals surface area (Å²) in [4.78, 5) is 17.3. The maximum atomic E-state index is 12.8. The lowest BCUT2D eigenvalue weighted by Gasteiger charge is -2.42. The van der Waals surface area contributed by atoms with Gasteiger partial charge in [0.05, 0.1) is 11.9 Å². The summed E-state index contributed by atoms with van der Waals surface area (Å²) in [7, 11) is 0. The van der Waals surface area contributed by atoms with E-state index in [0.717, 1.165) is 13.1 Å². The normalized spacial score (nSPS) is 26.8. The Morgan fingerprint density at radius 3 is 3.05 bits per heavy atom. The predicted molar refractivity (Wildman–Crippen MR) is 77.4 cm³/mol. The van der Waals surface area contributed by atoms with Crippen LogP contribution in [0.3, 0.4) is 0 Å². The molecule has 20 heavy (non-hydrogen) atoms. The Kier molecular flexibility index (Phi) is 3.41. The third-order valence-electron chi connectivity index (χ3n) is 4.57. The van der Waals surface area contributed by atoms with Crippen molar-refractivity contribution in [3.05, 3.63) is 11.9 Å². The molecule has 0 aliphatic carbocycles. The number of carbonyl (C=O) groups excluding carboxylic acids is 1. The topological polar surface area (TPSA) is 67.4 Å². The summed E-state index contributed by atoms with van der Waals surface area (Å²) in [6.45, 7) is 7.71. The molecule has 0 saturated carbocycles. The largest absolute Gasteiger partial charge is 0.396 e. The first kappa shape index (κ1) is 13.4. The highest BCUT2D eigenvalue weighted by molar-refractivity contribution is 5.97. The smallest absolute Gasteiger partial charge is 0.274 e. The Morgan fingerprint density at radius 2 is 2.30 bits per heavy atom. The molecule has 2 saturated heterocycles. The first-order valence-electron chi connectivity index (χ1n) is 7.48. The summed E-state index contributed by atoms with van der Waals surface area (Å²) in [5.74, 6) is 0.0286. The average Bonchev–Trinajstić information content (AvgIpc) is 3.02. The van der Waals surface area contributed by atoms with Crippen LogP contribution in [0.15, 0.2) is 6.20 Å². The van der Waals surface area contributed by atoms with Gasteiger partial charge in [-0.3, -0.25) is 14.4 Å². The number of hydrogen-bond donors (Lipinski definition) is 1. The van der Waals surface area contributed by atoms with Gasteiger partial charge in [-0.15, -0.1) is 0 Å². The molecule has 0 spiro atoms. The molecule has 0 radical (unpaired) electrons. The Balaban J connectivity index is 1.84. The van der Waals surface area contributed by atoms with Gasteiger partial charge in [-0.1, -0.05) is 0 Å². The number of amides is 1. The number of nitrogens with zero attached hydrogens (tertiary/aromatic N) is 4. The van der Waals surface area contributed by atoms with Crippen molar-refractivity contribution in [2.45, 2.75) is 45.3 Å². The van der Waals surface area contributed by atoms with Gasteiger partial charge in [-0.2, -0.15) is 5.10 Å². The first-order chi connectivity index (χ1) is 9.61. The Labute approximate surface area is 119 Å². The number of piperazine rings is 1. The number of rotatable bonds is 2. The summed E-state index contributed by atoms with van der Waals surface area (Å²) in [6.07, 6.45) is 4.01. The number of hydrogen-bond acceptors (Lipinski definition) is 4. The highest BCUT2D eigenvalue weighted by Gasteiger charge is 2.37. The van der Waals surface area contributed by atoms with Gasteiger partial charge in [0.15, 0.2) is 0 Å². The molecule has 3 rings (SSSR count). The van der Waals surface area contributed by atoms with E-state index in [0.29, 0.717) is 24.0 Å². The third kappa shape index (κ3) is 2.08. The number of carbonyl (C=O) groups is 1. The molecular formula is C14H23N5O. The lowest BCUT2D eigenvalue weighted by atomic mass is 10.1. The summed E-state index contributed by atoms with van der Waals surface area (Å²) in [6, 6.07) is 0.755. The van der Waals surface area contributed by atoms with Crippen LogP contribution >= 0.6 is 0 Å². The molecule has 0 aromatic carbocycles. The summed E-state index contributed by atoms with van der Waals surface area (Å²) < 4.78 is 1.70. The highest BCUT2D eigenvalue weighted by Crippen LogP contribution is 2.26. The second-order valence-electron chi connectivity index (χ2n) is 5.86. The quantitative estimate of drug-likeness (QED) is 0.868. The van der Waals surface area contributed by atoms with Crippen molar-refractivity contribution in [1.29, 1.82) is 0 Å². The second kappa shape index (κ2) is 5.09. The third-order valence-corrected chi connectivity index (χ3v) is 4.57. The van der Waals surface area contributed by atoms with E-state index in [1.807, 2.05) is 11.8 Å². The van der Waals surface area contributed by atoms with Crippen LogP contribution in [0.25, 0.3) is 0 Å². The van der Waals surface area contributed by atoms with E-state index < -0.39 is 0 Å². The molecule has 1 amide bonds. The number of aromatic nitrogens is 2. The number of anilines is 1. The second-order valence-corrected chi connectivity index (χ2v) is 5.86. The molecule has 6 heteroatoms. The van der Waals surface area contributed by atoms with Gasteiger partial charge < -0.3 is 10.6 Å². The molecule has 2 unspecified atom stereocenters. The number of aryl methyl sites for hydroxylation is 1. The predicted octanol–water partition coefficient (Wildman–Crippen LogP) is 0.794. The SMILES string of the molecule is CCn1ncc(N)c1C(=O)N1CC2CCCN2CC1C. The van der Waals surface area contributed by atoms with Crippen LogP contribution in [0, 0.1) is 0 Å². The zero-order valence-corrected chi connectivity index (χ0v) is 12.2. The molecule has 0 bridgehead atoms. The standard InChI is InChI=1S/C14H23N5O/c1-3-19-13(12(15)7-16-19)14(20)18-9-11-5-4-6-17(11)8-10(18)2/h7,10-11H,3-6,8-9,15H2,1-2H3. The molecule has 1 aromatic heterocycles. The lowest BCUT2D eigenvalue weighted by Crippen LogP contribution is -2.57. The van der Waals surface area contributed by atoms with E-state index in [2.05, 4.69) is 16.9 Å². The fourth-order valence-electron chi connectivity index (χ4n) is 3.48. The average molecular weight is 277 g/mol. The monoisotopic (exact) mass is 277 g/mol. The van der Waals surface area contributed by atoms with Crippen LogP contribution in [0.4, 0.5) is 5.69 Å². The maximum absolute atomic E-state index is 12.8. The van der Waals surface area contributed by atoms with Crippen molar-refractivity contribution in [1.82, 2.24) is 19.6 Å². The Bertz CT molecular complexity index is 512. The number of fused-ring (bicyclic) bond motifs is 1. The minimum absolute atomic E-state index is 0.0286. The molecular weight excluding hydrogens is 254 g/mol. The summed E-state index contributed by atoms with van der Waals surface area (Å²) in [5.41, 5.74) is 6.97. The number of nitrogens with two attached hydrogens (primary N) is 1. The van der Waals surface area contributed by atoms with Gasteiger partial charge in [0.25, 0.3) is 5.91 Å². The lowest BCUT2D eigenvalue weighted by molar-refractivity contribution is 0.0386. The van der Waals surface area contributed by atoms with Gasteiger partial charge in [0.2, 0.25) is 0 Å².